The number of hydrogen-bond donors (Lipinski definition) is 2. The fraction of sp³-hybridized carbons (Fsp3) is 0.133. The summed E-state index contributed by atoms with van der Waals surface area (Å²) in [7, 11) is 1.56. The van der Waals surface area contributed by atoms with Gasteiger partial charge in [0.1, 0.15) is 11.8 Å². The molecular formula is C15H14BrClN2O2. The Bertz CT molecular complexity index is 664. The van der Waals surface area contributed by atoms with Crippen LogP contribution in [0.5, 0.6) is 5.75 Å². The van der Waals surface area contributed by atoms with Gasteiger partial charge in [-0.25, -0.2) is 0 Å². The summed E-state index contributed by atoms with van der Waals surface area (Å²) >= 11 is 9.41. The molecule has 2 aromatic carbocycles. The van der Waals surface area contributed by atoms with Crippen molar-refractivity contribution in [2.24, 2.45) is 5.73 Å². The van der Waals surface area contributed by atoms with E-state index in [1.54, 1.807) is 31.4 Å². The number of nitrogens with one attached hydrogen (secondary N) is 1. The Morgan fingerprint density at radius 3 is 2.71 bits per heavy atom. The third-order valence-electron chi connectivity index (χ3n) is 2.96. The van der Waals surface area contributed by atoms with Crippen molar-refractivity contribution < 1.29 is 9.53 Å². The SMILES string of the molecule is COc1ccccc1NC(C(N)=O)c1cc(Cl)ccc1Br. The van der Waals surface area contributed by atoms with Crippen molar-refractivity contribution in [1.82, 2.24) is 0 Å². The van der Waals surface area contributed by atoms with Gasteiger partial charge in [-0.15, -0.1) is 0 Å². The summed E-state index contributed by atoms with van der Waals surface area (Å²) in [4.78, 5) is 11.8. The van der Waals surface area contributed by atoms with Crippen molar-refractivity contribution in [2.45, 2.75) is 6.04 Å². The average Bonchev–Trinajstić information content (AvgIpc) is 2.47. The lowest BCUT2D eigenvalue weighted by Gasteiger charge is -2.20. The van der Waals surface area contributed by atoms with Crippen LogP contribution in [0.2, 0.25) is 5.02 Å². The van der Waals surface area contributed by atoms with Crippen LogP contribution in [0.25, 0.3) is 0 Å². The molecular weight excluding hydrogens is 356 g/mol. The van der Waals surface area contributed by atoms with Crippen LogP contribution < -0.4 is 15.8 Å². The second-order valence-electron chi connectivity index (χ2n) is 4.35. The Balaban J connectivity index is 2.40. The van der Waals surface area contributed by atoms with Gasteiger partial charge in [0.2, 0.25) is 5.91 Å². The molecule has 0 aliphatic rings. The van der Waals surface area contributed by atoms with E-state index in [2.05, 4.69) is 21.2 Å². The summed E-state index contributed by atoms with van der Waals surface area (Å²) in [5.41, 5.74) is 6.86. The van der Waals surface area contributed by atoms with E-state index in [1.165, 1.54) is 0 Å². The molecule has 110 valence electrons. The number of hydrogen-bond acceptors (Lipinski definition) is 3. The molecule has 0 aliphatic carbocycles. The molecule has 21 heavy (non-hydrogen) atoms. The van der Waals surface area contributed by atoms with Crippen LogP contribution in [0.15, 0.2) is 46.9 Å². The third-order valence-corrected chi connectivity index (χ3v) is 3.92. The van der Waals surface area contributed by atoms with E-state index in [9.17, 15) is 4.79 Å². The van der Waals surface area contributed by atoms with Crippen molar-refractivity contribution in [2.75, 3.05) is 12.4 Å². The van der Waals surface area contributed by atoms with E-state index in [4.69, 9.17) is 22.1 Å². The van der Waals surface area contributed by atoms with E-state index < -0.39 is 11.9 Å². The molecule has 0 fully saturated rings. The van der Waals surface area contributed by atoms with Crippen LogP contribution in [-0.4, -0.2) is 13.0 Å². The Hall–Kier alpha value is -1.72. The number of anilines is 1. The normalized spacial score (nSPS) is 11.8. The lowest BCUT2D eigenvalue weighted by Crippen LogP contribution is -2.28. The predicted molar refractivity (Wildman–Crippen MR) is 87.7 cm³/mol. The largest absolute Gasteiger partial charge is 0.495 e. The molecule has 0 spiro atoms. The average molecular weight is 370 g/mol. The minimum atomic E-state index is -0.727. The number of benzene rings is 2. The van der Waals surface area contributed by atoms with E-state index in [-0.39, 0.29) is 0 Å². The molecule has 0 aromatic heterocycles. The number of amides is 1. The highest BCUT2D eigenvalue weighted by Crippen LogP contribution is 2.32. The highest BCUT2D eigenvalue weighted by Gasteiger charge is 2.21. The smallest absolute Gasteiger partial charge is 0.244 e. The molecule has 0 heterocycles. The summed E-state index contributed by atoms with van der Waals surface area (Å²) in [6.45, 7) is 0. The van der Waals surface area contributed by atoms with Gasteiger partial charge in [0.05, 0.1) is 12.8 Å². The van der Waals surface area contributed by atoms with Crippen molar-refractivity contribution >= 4 is 39.1 Å². The topological polar surface area (TPSA) is 64.3 Å². The molecule has 0 radical (unpaired) electrons. The van der Waals surface area contributed by atoms with E-state index in [0.717, 1.165) is 4.47 Å². The second kappa shape index (κ2) is 6.83. The van der Waals surface area contributed by atoms with Gasteiger partial charge in [-0.3, -0.25) is 4.79 Å². The molecule has 1 atom stereocenters. The quantitative estimate of drug-likeness (QED) is 0.843. The van der Waals surface area contributed by atoms with Crippen LogP contribution in [0.3, 0.4) is 0 Å². The maximum Gasteiger partial charge on any atom is 0.244 e. The van der Waals surface area contributed by atoms with Crippen LogP contribution in [0, 0.1) is 0 Å². The first-order chi connectivity index (χ1) is 10.0. The molecule has 6 heteroatoms. The van der Waals surface area contributed by atoms with Crippen LogP contribution in [0.1, 0.15) is 11.6 Å². The van der Waals surface area contributed by atoms with Crippen LogP contribution in [0.4, 0.5) is 5.69 Å². The molecule has 2 rings (SSSR count). The van der Waals surface area contributed by atoms with Gasteiger partial charge in [0, 0.05) is 9.50 Å². The molecule has 0 bridgehead atoms. The van der Waals surface area contributed by atoms with Crippen LogP contribution >= 0.6 is 27.5 Å². The highest BCUT2D eigenvalue weighted by molar-refractivity contribution is 9.10. The van der Waals surface area contributed by atoms with Gasteiger partial charge >= 0.3 is 0 Å². The van der Waals surface area contributed by atoms with E-state index in [0.29, 0.717) is 22.0 Å². The minimum absolute atomic E-state index is 0.510. The maximum absolute atomic E-state index is 11.8. The molecule has 1 unspecified atom stereocenters. The number of carbonyl (C=O) groups is 1. The standard InChI is InChI=1S/C15H14BrClN2O2/c1-21-13-5-3-2-4-12(13)19-14(15(18)20)10-8-9(17)6-7-11(10)16/h2-8,14,19H,1H3,(H2,18,20). The fourth-order valence-corrected chi connectivity index (χ4v) is 2.61. The molecule has 0 aliphatic heterocycles. The number of carbonyl (C=O) groups excluding carboxylic acids is 1. The van der Waals surface area contributed by atoms with E-state index >= 15 is 0 Å². The van der Waals surface area contributed by atoms with Gasteiger partial charge in [0.25, 0.3) is 0 Å². The minimum Gasteiger partial charge on any atom is -0.495 e. The van der Waals surface area contributed by atoms with Gasteiger partial charge in [-0.1, -0.05) is 39.7 Å². The number of primary amides is 1. The summed E-state index contributed by atoms with van der Waals surface area (Å²) in [6.07, 6.45) is 0. The zero-order chi connectivity index (χ0) is 15.4. The number of methoxy groups -OCH3 is 1. The van der Waals surface area contributed by atoms with Gasteiger partial charge < -0.3 is 15.8 Å². The Morgan fingerprint density at radius 2 is 2.05 bits per heavy atom. The monoisotopic (exact) mass is 368 g/mol. The Morgan fingerprint density at radius 1 is 1.33 bits per heavy atom. The summed E-state index contributed by atoms with van der Waals surface area (Å²) < 4.78 is 6.01. The van der Waals surface area contributed by atoms with Gasteiger partial charge in [-0.2, -0.15) is 0 Å². The van der Waals surface area contributed by atoms with Crippen molar-refractivity contribution in [3.8, 4) is 5.75 Å². The number of para-hydroxylation sites is 2. The maximum atomic E-state index is 11.8. The van der Waals surface area contributed by atoms with Gasteiger partial charge in [0.15, 0.2) is 0 Å². The zero-order valence-electron chi connectivity index (χ0n) is 11.3. The lowest BCUT2D eigenvalue weighted by molar-refractivity contribution is -0.118. The second-order valence-corrected chi connectivity index (χ2v) is 5.64. The van der Waals surface area contributed by atoms with E-state index in [1.807, 2.05) is 18.2 Å². The number of rotatable bonds is 5. The summed E-state index contributed by atoms with van der Waals surface area (Å²) in [6, 6.07) is 11.8. The highest BCUT2D eigenvalue weighted by atomic mass is 79.9. The fourth-order valence-electron chi connectivity index (χ4n) is 1.96. The lowest BCUT2D eigenvalue weighted by atomic mass is 10.1. The molecule has 0 saturated heterocycles. The van der Waals surface area contributed by atoms with Gasteiger partial charge in [-0.05, 0) is 35.9 Å². The first-order valence-corrected chi connectivity index (χ1v) is 7.34. The Kier molecular flexibility index (Phi) is 5.09. The molecule has 0 saturated carbocycles. The summed E-state index contributed by atoms with van der Waals surface area (Å²) in [5.74, 6) is 0.116. The molecule has 4 nitrogen and oxygen atoms in total. The van der Waals surface area contributed by atoms with Crippen molar-refractivity contribution in [3.05, 3.63) is 57.5 Å². The molecule has 3 N–H and O–H groups in total. The Labute approximate surface area is 136 Å². The molecule has 1 amide bonds. The molecule has 2 aromatic rings. The first kappa shape index (κ1) is 15.7. The van der Waals surface area contributed by atoms with Crippen molar-refractivity contribution in [1.29, 1.82) is 0 Å². The predicted octanol–water partition coefficient (Wildman–Crippen LogP) is 3.75. The summed E-state index contributed by atoms with van der Waals surface area (Å²) in [5, 5.41) is 3.62. The number of halogens is 2. The zero-order valence-corrected chi connectivity index (χ0v) is 13.6. The van der Waals surface area contributed by atoms with Crippen molar-refractivity contribution in [3.63, 3.8) is 0 Å². The van der Waals surface area contributed by atoms with Crippen LogP contribution in [-0.2, 0) is 4.79 Å². The number of ether oxygens (including phenoxy) is 1. The first-order valence-electron chi connectivity index (χ1n) is 6.16. The number of nitrogens with two attached hydrogens (primary N) is 1. The third kappa shape index (κ3) is 3.68.